The predicted molar refractivity (Wildman–Crippen MR) is 119 cm³/mol. The van der Waals surface area contributed by atoms with Crippen molar-refractivity contribution in [3.05, 3.63) is 51.6 Å². The van der Waals surface area contributed by atoms with Crippen LogP contribution in [-0.4, -0.2) is 24.0 Å². The van der Waals surface area contributed by atoms with E-state index in [-0.39, 0.29) is 22.8 Å². The Hall–Kier alpha value is -2.20. The van der Waals surface area contributed by atoms with Crippen molar-refractivity contribution >= 4 is 63.1 Å². The fourth-order valence-corrected chi connectivity index (χ4v) is 2.97. The first-order chi connectivity index (χ1) is 12.8. The number of hydrogen-bond acceptors (Lipinski definition) is 4. The number of anilines is 2. The van der Waals surface area contributed by atoms with Crippen LogP contribution in [0, 0.1) is 9.49 Å². The third-order valence-electron chi connectivity index (χ3n) is 3.59. The molecule has 0 bridgehead atoms. The number of methoxy groups -OCH3 is 1. The number of amides is 2. The minimum atomic E-state index is -0.287. The van der Waals surface area contributed by atoms with Crippen LogP contribution in [0.25, 0.3) is 0 Å². The molecule has 0 heterocycles. The molecule has 0 saturated carbocycles. The van der Waals surface area contributed by atoms with E-state index in [4.69, 9.17) is 17.0 Å². The van der Waals surface area contributed by atoms with E-state index in [2.05, 4.69) is 38.5 Å². The Morgan fingerprint density at radius 3 is 2.44 bits per heavy atom. The molecule has 8 heteroatoms. The summed E-state index contributed by atoms with van der Waals surface area (Å²) < 4.78 is 6.16. The van der Waals surface area contributed by atoms with Gasteiger partial charge in [-0.1, -0.05) is 26.0 Å². The van der Waals surface area contributed by atoms with E-state index < -0.39 is 0 Å². The van der Waals surface area contributed by atoms with Crippen molar-refractivity contribution in [2.45, 2.75) is 13.8 Å². The van der Waals surface area contributed by atoms with Gasteiger partial charge in [-0.05, 0) is 59.1 Å². The van der Waals surface area contributed by atoms with Gasteiger partial charge in [0.05, 0.1) is 18.4 Å². The van der Waals surface area contributed by atoms with Gasteiger partial charge in [0.25, 0.3) is 5.91 Å². The molecule has 0 spiro atoms. The van der Waals surface area contributed by atoms with E-state index in [0.29, 0.717) is 22.7 Å². The van der Waals surface area contributed by atoms with Gasteiger partial charge in [-0.2, -0.15) is 0 Å². The van der Waals surface area contributed by atoms with E-state index >= 15 is 0 Å². The highest BCUT2D eigenvalue weighted by molar-refractivity contribution is 14.1. The molecule has 0 atom stereocenters. The molecular weight excluding hydrogens is 477 g/mol. The van der Waals surface area contributed by atoms with Gasteiger partial charge in [0.15, 0.2) is 5.11 Å². The number of halogens is 1. The molecule has 27 heavy (non-hydrogen) atoms. The molecule has 0 unspecified atom stereocenters. The van der Waals surface area contributed by atoms with Crippen molar-refractivity contribution < 1.29 is 14.3 Å². The second-order valence-electron chi connectivity index (χ2n) is 5.95. The zero-order valence-electron chi connectivity index (χ0n) is 15.1. The molecule has 3 N–H and O–H groups in total. The third kappa shape index (κ3) is 5.90. The van der Waals surface area contributed by atoms with Gasteiger partial charge in [-0.15, -0.1) is 0 Å². The average molecular weight is 497 g/mol. The smallest absolute Gasteiger partial charge is 0.258 e. The van der Waals surface area contributed by atoms with E-state index in [1.165, 1.54) is 7.11 Å². The van der Waals surface area contributed by atoms with Gasteiger partial charge >= 0.3 is 0 Å². The second kappa shape index (κ2) is 9.65. The predicted octanol–water partition coefficient (Wildman–Crippen LogP) is 4.02. The SMILES string of the molecule is COc1cc(NC(=S)NC(=O)c2ccccc2I)ccc1NC(=O)C(C)C. The summed E-state index contributed by atoms with van der Waals surface area (Å²) >= 11 is 7.31. The number of nitrogens with one attached hydrogen (secondary N) is 3. The molecule has 0 aliphatic rings. The molecule has 142 valence electrons. The highest BCUT2D eigenvalue weighted by Crippen LogP contribution is 2.28. The normalized spacial score (nSPS) is 10.3. The first-order valence-electron chi connectivity index (χ1n) is 8.17. The Morgan fingerprint density at radius 2 is 1.81 bits per heavy atom. The highest BCUT2D eigenvalue weighted by Gasteiger charge is 2.13. The molecule has 0 radical (unpaired) electrons. The van der Waals surface area contributed by atoms with Crippen LogP contribution >= 0.6 is 34.8 Å². The van der Waals surface area contributed by atoms with Crippen LogP contribution in [0.15, 0.2) is 42.5 Å². The standard InChI is InChI=1S/C19H20IN3O3S/c1-11(2)17(24)22-15-9-8-12(10-16(15)26-3)21-19(27)23-18(25)13-6-4-5-7-14(13)20/h4-11H,1-3H3,(H,22,24)(H2,21,23,25,27). The van der Waals surface area contributed by atoms with Crippen LogP contribution in [0.2, 0.25) is 0 Å². The minimum Gasteiger partial charge on any atom is -0.494 e. The summed E-state index contributed by atoms with van der Waals surface area (Å²) in [5, 5.41) is 8.57. The summed E-state index contributed by atoms with van der Waals surface area (Å²) in [6, 6.07) is 12.4. The summed E-state index contributed by atoms with van der Waals surface area (Å²) in [7, 11) is 1.52. The molecule has 6 nitrogen and oxygen atoms in total. The van der Waals surface area contributed by atoms with Gasteiger partial charge in [0.1, 0.15) is 5.75 Å². The lowest BCUT2D eigenvalue weighted by molar-refractivity contribution is -0.118. The number of rotatable bonds is 5. The third-order valence-corrected chi connectivity index (χ3v) is 4.73. The summed E-state index contributed by atoms with van der Waals surface area (Å²) in [6.07, 6.45) is 0. The number of benzene rings is 2. The quantitative estimate of drug-likeness (QED) is 0.430. The summed E-state index contributed by atoms with van der Waals surface area (Å²) in [6.45, 7) is 3.62. The van der Waals surface area contributed by atoms with Crippen LogP contribution in [0.5, 0.6) is 5.75 Å². The largest absolute Gasteiger partial charge is 0.494 e. The number of carbonyl (C=O) groups excluding carboxylic acids is 2. The van der Waals surface area contributed by atoms with Gasteiger partial charge in [0, 0.05) is 21.2 Å². The van der Waals surface area contributed by atoms with Crippen molar-refractivity contribution in [3.63, 3.8) is 0 Å². The van der Waals surface area contributed by atoms with Gasteiger partial charge in [-0.25, -0.2) is 0 Å². The van der Waals surface area contributed by atoms with E-state index in [9.17, 15) is 9.59 Å². The molecule has 0 aromatic heterocycles. The summed E-state index contributed by atoms with van der Waals surface area (Å²) in [5.41, 5.74) is 1.74. The maximum Gasteiger partial charge on any atom is 0.258 e. The summed E-state index contributed by atoms with van der Waals surface area (Å²) in [5.74, 6) is -0.0450. The number of ether oxygens (including phenoxy) is 1. The van der Waals surface area contributed by atoms with Crippen molar-refractivity contribution in [3.8, 4) is 5.75 Å². The van der Waals surface area contributed by atoms with Crippen LogP contribution in [0.1, 0.15) is 24.2 Å². The Bertz CT molecular complexity index is 871. The molecule has 2 rings (SSSR count). The minimum absolute atomic E-state index is 0.103. The Kier molecular flexibility index (Phi) is 7.55. The molecular formula is C19H20IN3O3S. The zero-order valence-corrected chi connectivity index (χ0v) is 18.1. The van der Waals surface area contributed by atoms with E-state index in [1.807, 2.05) is 26.0 Å². The first-order valence-corrected chi connectivity index (χ1v) is 9.66. The van der Waals surface area contributed by atoms with E-state index in [0.717, 1.165) is 3.57 Å². The Labute approximate surface area is 177 Å². The fraction of sp³-hybridized carbons (Fsp3) is 0.211. The van der Waals surface area contributed by atoms with Crippen molar-refractivity contribution in [2.75, 3.05) is 17.7 Å². The van der Waals surface area contributed by atoms with Crippen LogP contribution < -0.4 is 20.7 Å². The van der Waals surface area contributed by atoms with Crippen LogP contribution in [0.3, 0.4) is 0 Å². The zero-order chi connectivity index (χ0) is 20.0. The fourth-order valence-electron chi connectivity index (χ4n) is 2.13. The number of thiocarbonyl (C=S) groups is 1. The lowest BCUT2D eigenvalue weighted by Gasteiger charge is -2.15. The Balaban J connectivity index is 2.06. The van der Waals surface area contributed by atoms with Crippen LogP contribution in [-0.2, 0) is 4.79 Å². The maximum atomic E-state index is 12.3. The lowest BCUT2D eigenvalue weighted by atomic mass is 10.2. The van der Waals surface area contributed by atoms with Gasteiger partial charge in [-0.3, -0.25) is 14.9 Å². The summed E-state index contributed by atoms with van der Waals surface area (Å²) in [4.78, 5) is 24.2. The van der Waals surface area contributed by atoms with Crippen molar-refractivity contribution in [1.29, 1.82) is 0 Å². The number of carbonyl (C=O) groups is 2. The number of hydrogen-bond donors (Lipinski definition) is 3. The maximum absolute atomic E-state index is 12.3. The molecule has 0 saturated heterocycles. The van der Waals surface area contributed by atoms with Crippen molar-refractivity contribution in [2.24, 2.45) is 5.92 Å². The molecule has 2 amide bonds. The van der Waals surface area contributed by atoms with Gasteiger partial charge in [0.2, 0.25) is 5.91 Å². The lowest BCUT2D eigenvalue weighted by Crippen LogP contribution is -2.34. The molecule has 2 aromatic rings. The highest BCUT2D eigenvalue weighted by atomic mass is 127. The molecule has 0 fully saturated rings. The van der Waals surface area contributed by atoms with E-state index in [1.54, 1.807) is 30.3 Å². The van der Waals surface area contributed by atoms with Gasteiger partial charge < -0.3 is 15.4 Å². The molecule has 0 aliphatic carbocycles. The molecule has 2 aromatic carbocycles. The van der Waals surface area contributed by atoms with Crippen LogP contribution in [0.4, 0.5) is 11.4 Å². The molecule has 0 aliphatic heterocycles. The monoisotopic (exact) mass is 497 g/mol. The average Bonchev–Trinajstić information content (AvgIpc) is 2.62. The second-order valence-corrected chi connectivity index (χ2v) is 7.52. The first kappa shape index (κ1) is 21.1. The van der Waals surface area contributed by atoms with Crippen molar-refractivity contribution in [1.82, 2.24) is 5.32 Å². The topological polar surface area (TPSA) is 79.5 Å². The Morgan fingerprint density at radius 1 is 1.11 bits per heavy atom.